The summed E-state index contributed by atoms with van der Waals surface area (Å²) in [5.41, 5.74) is 6.03. The van der Waals surface area contributed by atoms with Crippen LogP contribution in [-0.4, -0.2) is 12.1 Å². The first kappa shape index (κ1) is 9.92. The standard InChI is InChI=1S/C9H10FNOS/c1-12-8-3-2-7(10)4-6(8)5-9(11)13/h2-4H,5H2,1H3,(H2,11,13). The average molecular weight is 199 g/mol. The van der Waals surface area contributed by atoms with E-state index in [2.05, 4.69) is 0 Å². The molecule has 0 bridgehead atoms. The highest BCUT2D eigenvalue weighted by Crippen LogP contribution is 2.19. The Morgan fingerprint density at radius 1 is 1.62 bits per heavy atom. The zero-order valence-corrected chi connectivity index (χ0v) is 8.03. The van der Waals surface area contributed by atoms with E-state index < -0.39 is 0 Å². The molecule has 0 aliphatic carbocycles. The molecule has 0 radical (unpaired) electrons. The molecule has 0 spiro atoms. The van der Waals surface area contributed by atoms with Crippen LogP contribution >= 0.6 is 12.2 Å². The lowest BCUT2D eigenvalue weighted by molar-refractivity contribution is 0.409. The highest BCUT2D eigenvalue weighted by atomic mass is 32.1. The Hall–Kier alpha value is -1.16. The minimum absolute atomic E-state index is 0.313. The second-order valence-electron chi connectivity index (χ2n) is 2.60. The van der Waals surface area contributed by atoms with E-state index in [0.29, 0.717) is 22.7 Å². The summed E-state index contributed by atoms with van der Waals surface area (Å²) >= 11 is 4.73. The zero-order chi connectivity index (χ0) is 9.84. The van der Waals surface area contributed by atoms with E-state index in [9.17, 15) is 4.39 Å². The number of thiocarbonyl (C=S) groups is 1. The van der Waals surface area contributed by atoms with Gasteiger partial charge in [0.15, 0.2) is 0 Å². The Morgan fingerprint density at radius 2 is 2.31 bits per heavy atom. The molecule has 1 aromatic rings. The maximum absolute atomic E-state index is 12.8. The van der Waals surface area contributed by atoms with E-state index in [-0.39, 0.29) is 5.82 Å². The van der Waals surface area contributed by atoms with Gasteiger partial charge in [0.2, 0.25) is 0 Å². The molecule has 2 N–H and O–H groups in total. The van der Waals surface area contributed by atoms with Crippen LogP contribution in [0.5, 0.6) is 5.75 Å². The fourth-order valence-electron chi connectivity index (χ4n) is 1.07. The van der Waals surface area contributed by atoms with Crippen LogP contribution in [0.2, 0.25) is 0 Å². The van der Waals surface area contributed by atoms with Crippen molar-refractivity contribution < 1.29 is 9.13 Å². The predicted molar refractivity (Wildman–Crippen MR) is 53.4 cm³/mol. The third-order valence-corrected chi connectivity index (χ3v) is 1.75. The van der Waals surface area contributed by atoms with Crippen molar-refractivity contribution in [1.29, 1.82) is 0 Å². The minimum atomic E-state index is -0.313. The Labute approximate surface area is 81.5 Å². The van der Waals surface area contributed by atoms with E-state index in [1.165, 1.54) is 19.2 Å². The number of benzene rings is 1. The summed E-state index contributed by atoms with van der Waals surface area (Å²) in [6, 6.07) is 4.27. The Morgan fingerprint density at radius 3 is 2.85 bits per heavy atom. The van der Waals surface area contributed by atoms with Gasteiger partial charge in [0, 0.05) is 12.0 Å². The number of ether oxygens (including phenoxy) is 1. The van der Waals surface area contributed by atoms with Crippen molar-refractivity contribution in [1.82, 2.24) is 0 Å². The number of nitrogens with two attached hydrogens (primary N) is 1. The summed E-state index contributed by atoms with van der Waals surface area (Å²) in [5.74, 6) is 0.293. The lowest BCUT2D eigenvalue weighted by Crippen LogP contribution is -2.11. The summed E-state index contributed by atoms with van der Waals surface area (Å²) < 4.78 is 17.8. The Balaban J connectivity index is 3.01. The van der Waals surface area contributed by atoms with Gasteiger partial charge in [0.25, 0.3) is 0 Å². The summed E-state index contributed by atoms with van der Waals surface area (Å²) in [5, 5.41) is 0. The van der Waals surface area contributed by atoms with E-state index in [1.807, 2.05) is 0 Å². The molecule has 1 rings (SSSR count). The second kappa shape index (κ2) is 4.18. The van der Waals surface area contributed by atoms with Crippen molar-refractivity contribution in [2.45, 2.75) is 6.42 Å². The molecule has 0 saturated carbocycles. The Bertz CT molecular complexity index is 327. The first-order valence-corrected chi connectivity index (χ1v) is 4.15. The van der Waals surface area contributed by atoms with Crippen molar-refractivity contribution in [3.05, 3.63) is 29.6 Å². The molecule has 0 amide bonds. The Kier molecular flexibility index (Phi) is 3.19. The SMILES string of the molecule is COc1ccc(F)cc1CC(N)=S. The number of hydrogen-bond acceptors (Lipinski definition) is 2. The van der Waals surface area contributed by atoms with Gasteiger partial charge in [-0.25, -0.2) is 4.39 Å². The number of rotatable bonds is 3. The number of methoxy groups -OCH3 is 1. The third-order valence-electron chi connectivity index (χ3n) is 1.61. The number of halogens is 1. The summed E-state index contributed by atoms with van der Waals surface area (Å²) in [6.07, 6.45) is 0.357. The largest absolute Gasteiger partial charge is 0.496 e. The van der Waals surface area contributed by atoms with E-state index in [4.69, 9.17) is 22.7 Å². The van der Waals surface area contributed by atoms with Crippen LogP contribution in [0.25, 0.3) is 0 Å². The van der Waals surface area contributed by atoms with Crippen molar-refractivity contribution in [3.63, 3.8) is 0 Å². The van der Waals surface area contributed by atoms with E-state index in [0.717, 1.165) is 0 Å². The fourth-order valence-corrected chi connectivity index (χ4v) is 1.23. The molecule has 0 atom stereocenters. The minimum Gasteiger partial charge on any atom is -0.496 e. The van der Waals surface area contributed by atoms with Crippen LogP contribution in [0.15, 0.2) is 18.2 Å². The molecule has 0 fully saturated rings. The van der Waals surface area contributed by atoms with Gasteiger partial charge in [-0.1, -0.05) is 12.2 Å². The first-order chi connectivity index (χ1) is 6.13. The molecular weight excluding hydrogens is 189 g/mol. The zero-order valence-electron chi connectivity index (χ0n) is 7.21. The summed E-state index contributed by atoms with van der Waals surface area (Å²) in [7, 11) is 1.52. The highest BCUT2D eigenvalue weighted by molar-refractivity contribution is 7.80. The van der Waals surface area contributed by atoms with E-state index >= 15 is 0 Å². The molecule has 4 heteroatoms. The van der Waals surface area contributed by atoms with E-state index in [1.54, 1.807) is 6.07 Å². The third kappa shape index (κ3) is 2.66. The molecule has 13 heavy (non-hydrogen) atoms. The maximum atomic E-state index is 12.8. The number of hydrogen-bond donors (Lipinski definition) is 1. The predicted octanol–water partition coefficient (Wildman–Crippen LogP) is 1.66. The molecule has 70 valence electrons. The topological polar surface area (TPSA) is 35.2 Å². The quantitative estimate of drug-likeness (QED) is 0.752. The molecule has 0 unspecified atom stereocenters. The van der Waals surface area contributed by atoms with Crippen LogP contribution in [-0.2, 0) is 6.42 Å². The molecule has 0 saturated heterocycles. The van der Waals surface area contributed by atoms with Crippen molar-refractivity contribution in [3.8, 4) is 5.75 Å². The molecule has 0 aliphatic heterocycles. The molecule has 0 aromatic heterocycles. The van der Waals surface area contributed by atoms with Gasteiger partial charge in [-0.15, -0.1) is 0 Å². The molecule has 2 nitrogen and oxygen atoms in total. The second-order valence-corrected chi connectivity index (χ2v) is 3.12. The highest BCUT2D eigenvalue weighted by Gasteiger charge is 2.05. The van der Waals surface area contributed by atoms with Gasteiger partial charge in [-0.3, -0.25) is 0 Å². The lowest BCUT2D eigenvalue weighted by atomic mass is 10.1. The van der Waals surface area contributed by atoms with Gasteiger partial charge < -0.3 is 10.5 Å². The first-order valence-electron chi connectivity index (χ1n) is 3.74. The van der Waals surface area contributed by atoms with Crippen molar-refractivity contribution >= 4 is 17.2 Å². The van der Waals surface area contributed by atoms with Crippen molar-refractivity contribution in [2.75, 3.05) is 7.11 Å². The summed E-state index contributed by atoms with van der Waals surface area (Å²) in [6.45, 7) is 0. The molecular formula is C9H10FNOS. The van der Waals surface area contributed by atoms with Gasteiger partial charge in [0.05, 0.1) is 12.1 Å². The molecule has 0 aliphatic rings. The normalized spacial score (nSPS) is 9.69. The average Bonchev–Trinajstić information content (AvgIpc) is 2.03. The van der Waals surface area contributed by atoms with Crippen LogP contribution in [0.1, 0.15) is 5.56 Å². The monoisotopic (exact) mass is 199 g/mol. The van der Waals surface area contributed by atoms with Gasteiger partial charge in [-0.2, -0.15) is 0 Å². The van der Waals surface area contributed by atoms with Gasteiger partial charge >= 0.3 is 0 Å². The molecule has 0 heterocycles. The van der Waals surface area contributed by atoms with Crippen molar-refractivity contribution in [2.24, 2.45) is 5.73 Å². The summed E-state index contributed by atoms with van der Waals surface area (Å²) in [4.78, 5) is 0.323. The lowest BCUT2D eigenvalue weighted by Gasteiger charge is -2.06. The maximum Gasteiger partial charge on any atom is 0.123 e. The smallest absolute Gasteiger partial charge is 0.123 e. The van der Waals surface area contributed by atoms with Crippen LogP contribution in [0.4, 0.5) is 4.39 Å². The van der Waals surface area contributed by atoms with Crippen LogP contribution in [0.3, 0.4) is 0 Å². The van der Waals surface area contributed by atoms with Gasteiger partial charge in [-0.05, 0) is 18.2 Å². The fraction of sp³-hybridized carbons (Fsp3) is 0.222. The van der Waals surface area contributed by atoms with Crippen LogP contribution in [0, 0.1) is 5.82 Å². The van der Waals surface area contributed by atoms with Crippen LogP contribution < -0.4 is 10.5 Å². The van der Waals surface area contributed by atoms with Gasteiger partial charge in [0.1, 0.15) is 11.6 Å². The molecule has 1 aromatic carbocycles.